The van der Waals surface area contributed by atoms with Gasteiger partial charge in [0, 0.05) is 5.69 Å². The van der Waals surface area contributed by atoms with E-state index < -0.39 is 23.9 Å². The maximum absolute atomic E-state index is 11.5. The lowest BCUT2D eigenvalue weighted by atomic mass is 10.3. The van der Waals surface area contributed by atoms with Crippen LogP contribution in [0.15, 0.2) is 30.3 Å². The summed E-state index contributed by atoms with van der Waals surface area (Å²) in [6.07, 6.45) is 0. The molecule has 1 aliphatic rings. The van der Waals surface area contributed by atoms with Crippen LogP contribution < -0.4 is 16.1 Å². The normalized spacial score (nSPS) is 14.4. The van der Waals surface area contributed by atoms with Crippen molar-refractivity contribution in [3.8, 4) is 0 Å². The predicted octanol–water partition coefficient (Wildman–Crippen LogP) is -0.199. The highest BCUT2D eigenvalue weighted by atomic mass is 16.2. The maximum atomic E-state index is 11.5. The second-order valence-electron chi connectivity index (χ2n) is 3.33. The van der Waals surface area contributed by atoms with Gasteiger partial charge in [0.05, 0.1) is 0 Å². The van der Waals surface area contributed by atoms with Crippen LogP contribution in [-0.2, 0) is 9.59 Å². The third-order valence-electron chi connectivity index (χ3n) is 2.07. The highest BCUT2D eigenvalue weighted by molar-refractivity contribution is 6.44. The zero-order chi connectivity index (χ0) is 13.1. The molecule has 1 aliphatic heterocycles. The second kappa shape index (κ2) is 4.53. The Morgan fingerprint density at radius 1 is 1.11 bits per heavy atom. The molecule has 0 spiro atoms. The molecule has 1 heterocycles. The number of hydrogen-bond acceptors (Lipinski definition) is 4. The number of imide groups is 2. The molecule has 1 aromatic rings. The van der Waals surface area contributed by atoms with Crippen LogP contribution >= 0.6 is 0 Å². The quantitative estimate of drug-likeness (QED) is 0.497. The van der Waals surface area contributed by atoms with Crippen molar-refractivity contribution >= 4 is 29.6 Å². The topological polar surface area (TPSA) is 108 Å². The van der Waals surface area contributed by atoms with Gasteiger partial charge in [0.2, 0.25) is 0 Å². The molecule has 92 valence electrons. The van der Waals surface area contributed by atoms with Gasteiger partial charge in [-0.2, -0.15) is 5.01 Å². The first-order chi connectivity index (χ1) is 8.58. The Kier molecular flexibility index (Phi) is 2.92. The summed E-state index contributed by atoms with van der Waals surface area (Å²) in [7, 11) is 0. The van der Waals surface area contributed by atoms with Gasteiger partial charge in [0.15, 0.2) is 0 Å². The number of nitrogens with one attached hydrogen (secondary N) is 3. The molecule has 0 aromatic heterocycles. The van der Waals surface area contributed by atoms with Crippen molar-refractivity contribution in [3.63, 3.8) is 0 Å². The fourth-order valence-electron chi connectivity index (χ4n) is 1.28. The number of carbonyl (C=O) groups is 4. The Bertz CT molecular complexity index is 528. The summed E-state index contributed by atoms with van der Waals surface area (Å²) in [5.74, 6) is -2.22. The van der Waals surface area contributed by atoms with Crippen LogP contribution in [0, 0.1) is 0 Å². The van der Waals surface area contributed by atoms with Gasteiger partial charge in [0.25, 0.3) is 0 Å². The second-order valence-corrected chi connectivity index (χ2v) is 3.33. The van der Waals surface area contributed by atoms with Gasteiger partial charge >= 0.3 is 23.9 Å². The minimum absolute atomic E-state index is 0.306. The van der Waals surface area contributed by atoms with Gasteiger partial charge in [0.1, 0.15) is 0 Å². The molecule has 6 amide bonds. The largest absolute Gasteiger partial charge is 0.350 e. The number of urea groups is 2. The fraction of sp³-hybridized carbons (Fsp3) is 0. The summed E-state index contributed by atoms with van der Waals surface area (Å²) < 4.78 is 0. The Morgan fingerprint density at radius 3 is 2.33 bits per heavy atom. The molecule has 0 radical (unpaired) electrons. The van der Waals surface area contributed by atoms with Crippen molar-refractivity contribution in [1.82, 2.24) is 15.8 Å². The maximum Gasteiger partial charge on any atom is 0.350 e. The summed E-state index contributed by atoms with van der Waals surface area (Å²) in [5, 5.41) is 4.44. The highest BCUT2D eigenvalue weighted by Crippen LogP contribution is 2.04. The van der Waals surface area contributed by atoms with E-state index in [0.29, 0.717) is 10.7 Å². The number of benzene rings is 1. The standard InChI is InChI=1S/C10H8N4O4/c15-7-8(16)14(10(18)12-7)13-9(17)11-6-4-2-1-3-5-6/h1-5H,(H2,11,13,17)(H,12,15,18). The van der Waals surface area contributed by atoms with Gasteiger partial charge in [-0.3, -0.25) is 14.9 Å². The van der Waals surface area contributed by atoms with Gasteiger partial charge in [-0.15, -0.1) is 0 Å². The third kappa shape index (κ3) is 2.26. The molecular formula is C10H8N4O4. The summed E-state index contributed by atoms with van der Waals surface area (Å²) in [4.78, 5) is 44.6. The molecular weight excluding hydrogens is 240 g/mol. The molecule has 0 aliphatic carbocycles. The number of amides is 6. The first-order valence-electron chi connectivity index (χ1n) is 4.90. The SMILES string of the molecule is O=C(Nc1ccccc1)NN1C(=O)NC(=O)C1=O. The van der Waals surface area contributed by atoms with E-state index in [2.05, 4.69) is 5.32 Å². The van der Waals surface area contributed by atoms with E-state index in [1.807, 2.05) is 5.43 Å². The molecule has 1 aromatic carbocycles. The number of nitrogens with zero attached hydrogens (tertiary/aromatic N) is 1. The van der Waals surface area contributed by atoms with E-state index >= 15 is 0 Å². The zero-order valence-electron chi connectivity index (χ0n) is 8.97. The third-order valence-corrected chi connectivity index (χ3v) is 2.07. The molecule has 0 unspecified atom stereocenters. The fourth-order valence-corrected chi connectivity index (χ4v) is 1.28. The van der Waals surface area contributed by atoms with E-state index in [1.54, 1.807) is 35.6 Å². The molecule has 0 atom stereocenters. The van der Waals surface area contributed by atoms with Gasteiger partial charge < -0.3 is 5.32 Å². The molecule has 2 rings (SSSR count). The average Bonchev–Trinajstić information content (AvgIpc) is 2.57. The van der Waals surface area contributed by atoms with E-state index in [0.717, 1.165) is 0 Å². The van der Waals surface area contributed by atoms with Crippen molar-refractivity contribution in [2.45, 2.75) is 0 Å². The van der Waals surface area contributed by atoms with Crippen LogP contribution in [0.2, 0.25) is 0 Å². The van der Waals surface area contributed by atoms with Crippen LogP contribution in [0.5, 0.6) is 0 Å². The Balaban J connectivity index is 1.98. The number of hydrogen-bond donors (Lipinski definition) is 3. The lowest BCUT2D eigenvalue weighted by Crippen LogP contribution is -2.48. The summed E-state index contributed by atoms with van der Waals surface area (Å²) in [6, 6.07) is 6.61. The van der Waals surface area contributed by atoms with E-state index in [1.165, 1.54) is 0 Å². The average molecular weight is 248 g/mol. The van der Waals surface area contributed by atoms with E-state index in [4.69, 9.17) is 0 Å². The van der Waals surface area contributed by atoms with Crippen molar-refractivity contribution in [1.29, 1.82) is 0 Å². The van der Waals surface area contributed by atoms with Crippen LogP contribution in [-0.4, -0.2) is 28.9 Å². The molecule has 1 saturated heterocycles. The lowest BCUT2D eigenvalue weighted by molar-refractivity contribution is -0.140. The molecule has 8 nitrogen and oxygen atoms in total. The first kappa shape index (κ1) is 11.6. The Morgan fingerprint density at radius 2 is 1.78 bits per heavy atom. The van der Waals surface area contributed by atoms with Crippen molar-refractivity contribution < 1.29 is 19.2 Å². The Labute approximate surface area is 101 Å². The van der Waals surface area contributed by atoms with Crippen molar-refractivity contribution in [3.05, 3.63) is 30.3 Å². The van der Waals surface area contributed by atoms with Crippen LogP contribution in [0.3, 0.4) is 0 Å². The Hall–Kier alpha value is -2.90. The number of anilines is 1. The number of para-hydroxylation sites is 1. The highest BCUT2D eigenvalue weighted by Gasteiger charge is 2.38. The zero-order valence-corrected chi connectivity index (χ0v) is 8.97. The van der Waals surface area contributed by atoms with E-state index in [-0.39, 0.29) is 0 Å². The lowest BCUT2D eigenvalue weighted by Gasteiger charge is -2.13. The molecule has 0 saturated carbocycles. The van der Waals surface area contributed by atoms with Gasteiger partial charge in [-0.1, -0.05) is 18.2 Å². The minimum Gasteiger partial charge on any atom is -0.307 e. The molecule has 1 fully saturated rings. The van der Waals surface area contributed by atoms with Crippen molar-refractivity contribution in [2.75, 3.05) is 5.32 Å². The summed E-state index contributed by atoms with van der Waals surface area (Å²) >= 11 is 0. The number of carbonyl (C=O) groups excluding carboxylic acids is 4. The minimum atomic E-state index is -1.14. The van der Waals surface area contributed by atoms with E-state index in [9.17, 15) is 19.2 Å². The smallest absolute Gasteiger partial charge is 0.307 e. The number of hydrazine groups is 1. The molecule has 3 N–H and O–H groups in total. The van der Waals surface area contributed by atoms with Gasteiger partial charge in [-0.05, 0) is 12.1 Å². The number of rotatable bonds is 2. The van der Waals surface area contributed by atoms with Crippen LogP contribution in [0.1, 0.15) is 0 Å². The molecule has 8 heteroatoms. The molecule has 0 bridgehead atoms. The van der Waals surface area contributed by atoms with Crippen LogP contribution in [0.4, 0.5) is 15.3 Å². The monoisotopic (exact) mass is 248 g/mol. The van der Waals surface area contributed by atoms with Crippen LogP contribution in [0.25, 0.3) is 0 Å². The molecule has 18 heavy (non-hydrogen) atoms. The summed E-state index contributed by atoms with van der Waals surface area (Å²) in [6.45, 7) is 0. The predicted molar refractivity (Wildman–Crippen MR) is 59.0 cm³/mol. The van der Waals surface area contributed by atoms with Crippen molar-refractivity contribution in [2.24, 2.45) is 0 Å². The summed E-state index contributed by atoms with van der Waals surface area (Å²) in [5.41, 5.74) is 2.44. The van der Waals surface area contributed by atoms with Gasteiger partial charge in [-0.25, -0.2) is 15.0 Å². The first-order valence-corrected chi connectivity index (χ1v) is 4.90.